The maximum atomic E-state index is 11.5. The van der Waals surface area contributed by atoms with E-state index in [-0.39, 0.29) is 6.17 Å². The van der Waals surface area contributed by atoms with Gasteiger partial charge in [0.05, 0.1) is 19.4 Å². The Morgan fingerprint density at radius 1 is 1.29 bits per heavy atom. The highest BCUT2D eigenvalue weighted by Gasteiger charge is 2.36. The number of carbonyl (C=O) groups is 1. The number of carboxylic acids is 1. The number of rotatable bonds is 3. The maximum absolute atomic E-state index is 11.5. The van der Waals surface area contributed by atoms with E-state index in [0.29, 0.717) is 6.54 Å². The van der Waals surface area contributed by atoms with Gasteiger partial charge in [0, 0.05) is 26.1 Å². The largest absolute Gasteiger partial charge is 0.480 e. The number of hydrogen-bond acceptors (Lipinski definition) is 4. The van der Waals surface area contributed by atoms with E-state index in [4.69, 9.17) is 4.74 Å². The van der Waals surface area contributed by atoms with Crippen LogP contribution in [0.15, 0.2) is 24.3 Å². The smallest absolute Gasteiger partial charge is 0.320 e. The fraction of sp³-hybridized carbons (Fsp3) is 0.562. The van der Waals surface area contributed by atoms with E-state index in [9.17, 15) is 9.90 Å². The van der Waals surface area contributed by atoms with Gasteiger partial charge in [-0.3, -0.25) is 14.6 Å². The Labute approximate surface area is 125 Å². The number of ether oxygens (including phenoxy) is 1. The van der Waals surface area contributed by atoms with Crippen LogP contribution in [0.25, 0.3) is 0 Å². The Balaban J connectivity index is 1.88. The van der Waals surface area contributed by atoms with Gasteiger partial charge in [-0.2, -0.15) is 0 Å². The quantitative estimate of drug-likeness (QED) is 0.906. The van der Waals surface area contributed by atoms with Crippen LogP contribution in [-0.4, -0.2) is 59.4 Å². The van der Waals surface area contributed by atoms with E-state index in [1.54, 1.807) is 6.92 Å². The summed E-state index contributed by atoms with van der Waals surface area (Å²) in [5.74, 6) is -0.757. The molecule has 0 bridgehead atoms. The number of carboxylic acid groups (broad SMARTS) is 1. The van der Waals surface area contributed by atoms with Crippen molar-refractivity contribution in [2.75, 3.05) is 26.3 Å². The monoisotopic (exact) mass is 290 g/mol. The van der Waals surface area contributed by atoms with Gasteiger partial charge < -0.3 is 9.84 Å². The molecule has 1 aromatic carbocycles. The average Bonchev–Trinajstić information content (AvgIpc) is 2.53. The lowest BCUT2D eigenvalue weighted by molar-refractivity contribution is -0.147. The van der Waals surface area contributed by atoms with Crippen LogP contribution in [0.1, 0.15) is 18.1 Å². The van der Waals surface area contributed by atoms with Crippen molar-refractivity contribution < 1.29 is 14.6 Å². The summed E-state index contributed by atoms with van der Waals surface area (Å²) < 4.78 is 5.43. The molecule has 2 atom stereocenters. The third-order valence-electron chi connectivity index (χ3n) is 4.58. The van der Waals surface area contributed by atoms with Crippen molar-refractivity contribution in [3.05, 3.63) is 35.4 Å². The van der Waals surface area contributed by atoms with Crippen LogP contribution in [-0.2, 0) is 22.5 Å². The molecule has 5 nitrogen and oxygen atoms in total. The third-order valence-corrected chi connectivity index (χ3v) is 4.58. The van der Waals surface area contributed by atoms with Crippen LogP contribution in [0.3, 0.4) is 0 Å². The summed E-state index contributed by atoms with van der Waals surface area (Å²) in [6.45, 7) is 5.68. The second kappa shape index (κ2) is 6.13. The zero-order valence-corrected chi connectivity index (χ0v) is 12.4. The Morgan fingerprint density at radius 3 is 2.62 bits per heavy atom. The standard InChI is InChI=1S/C16H22N2O3/c1-12(16(19)20)18-11-14-5-3-2-4-13(14)10-15(18)17-6-8-21-9-7-17/h2-5,12,15H,6-11H2,1H3,(H,19,20). The van der Waals surface area contributed by atoms with E-state index in [2.05, 4.69) is 28.0 Å². The zero-order valence-electron chi connectivity index (χ0n) is 12.4. The normalized spacial score (nSPS) is 25.3. The first-order chi connectivity index (χ1) is 10.2. The van der Waals surface area contributed by atoms with Gasteiger partial charge in [0.2, 0.25) is 0 Å². The van der Waals surface area contributed by atoms with Crippen LogP contribution in [0.2, 0.25) is 0 Å². The molecule has 3 rings (SSSR count). The van der Waals surface area contributed by atoms with Crippen LogP contribution in [0.4, 0.5) is 0 Å². The number of morpholine rings is 1. The van der Waals surface area contributed by atoms with Crippen molar-refractivity contribution in [3.8, 4) is 0 Å². The van der Waals surface area contributed by atoms with E-state index < -0.39 is 12.0 Å². The molecule has 1 aromatic rings. The van der Waals surface area contributed by atoms with Crippen molar-refractivity contribution in [2.24, 2.45) is 0 Å². The minimum Gasteiger partial charge on any atom is -0.480 e. The Kier molecular flexibility index (Phi) is 4.24. The van der Waals surface area contributed by atoms with Crippen molar-refractivity contribution in [3.63, 3.8) is 0 Å². The first-order valence-corrected chi connectivity index (χ1v) is 7.54. The van der Waals surface area contributed by atoms with E-state index in [0.717, 1.165) is 32.7 Å². The highest BCUT2D eigenvalue weighted by Crippen LogP contribution is 2.27. The first-order valence-electron chi connectivity index (χ1n) is 7.54. The van der Waals surface area contributed by atoms with Gasteiger partial charge in [0.25, 0.3) is 0 Å². The van der Waals surface area contributed by atoms with Gasteiger partial charge in [0.1, 0.15) is 6.04 Å². The number of aliphatic carboxylic acids is 1. The van der Waals surface area contributed by atoms with Crippen molar-refractivity contribution in [2.45, 2.75) is 32.1 Å². The van der Waals surface area contributed by atoms with Gasteiger partial charge in [-0.15, -0.1) is 0 Å². The molecule has 1 fully saturated rings. The van der Waals surface area contributed by atoms with Crippen molar-refractivity contribution in [1.29, 1.82) is 0 Å². The SMILES string of the molecule is CC(C(=O)O)N1Cc2ccccc2CC1N1CCOCC1. The number of nitrogens with zero attached hydrogens (tertiary/aromatic N) is 2. The summed E-state index contributed by atoms with van der Waals surface area (Å²) in [5.41, 5.74) is 2.58. The molecule has 2 aliphatic rings. The second-order valence-corrected chi connectivity index (χ2v) is 5.79. The molecular formula is C16H22N2O3. The van der Waals surface area contributed by atoms with Crippen LogP contribution >= 0.6 is 0 Å². The molecule has 0 radical (unpaired) electrons. The van der Waals surface area contributed by atoms with E-state index >= 15 is 0 Å². The zero-order chi connectivity index (χ0) is 14.8. The fourth-order valence-electron chi connectivity index (χ4n) is 3.28. The minimum atomic E-state index is -0.757. The lowest BCUT2D eigenvalue weighted by atomic mass is 9.95. The molecule has 1 saturated heterocycles. The van der Waals surface area contributed by atoms with Crippen molar-refractivity contribution in [1.82, 2.24) is 9.80 Å². The van der Waals surface area contributed by atoms with Crippen LogP contribution in [0, 0.1) is 0 Å². The average molecular weight is 290 g/mol. The Hall–Kier alpha value is -1.43. The van der Waals surface area contributed by atoms with Gasteiger partial charge in [-0.05, 0) is 18.1 Å². The molecule has 21 heavy (non-hydrogen) atoms. The number of fused-ring (bicyclic) bond motifs is 1. The summed E-state index contributed by atoms with van der Waals surface area (Å²) in [6, 6.07) is 7.87. The van der Waals surface area contributed by atoms with Gasteiger partial charge in [0.15, 0.2) is 0 Å². The molecule has 2 unspecified atom stereocenters. The lowest BCUT2D eigenvalue weighted by Crippen LogP contribution is -2.58. The van der Waals surface area contributed by atoms with Gasteiger partial charge >= 0.3 is 5.97 Å². The molecule has 2 aliphatic heterocycles. The highest BCUT2D eigenvalue weighted by atomic mass is 16.5. The summed E-state index contributed by atoms with van der Waals surface area (Å²) in [5, 5.41) is 9.41. The molecule has 2 heterocycles. The molecule has 0 aliphatic carbocycles. The highest BCUT2D eigenvalue weighted by molar-refractivity contribution is 5.73. The molecule has 0 aromatic heterocycles. The van der Waals surface area contributed by atoms with Gasteiger partial charge in [-0.1, -0.05) is 24.3 Å². The Bertz CT molecular complexity index is 514. The van der Waals surface area contributed by atoms with Gasteiger partial charge in [-0.25, -0.2) is 0 Å². The van der Waals surface area contributed by atoms with Crippen LogP contribution < -0.4 is 0 Å². The second-order valence-electron chi connectivity index (χ2n) is 5.79. The number of benzene rings is 1. The summed E-state index contributed by atoms with van der Waals surface area (Å²) >= 11 is 0. The summed E-state index contributed by atoms with van der Waals surface area (Å²) in [4.78, 5) is 15.9. The van der Waals surface area contributed by atoms with Crippen molar-refractivity contribution >= 4 is 5.97 Å². The molecule has 0 amide bonds. The molecule has 114 valence electrons. The maximum Gasteiger partial charge on any atom is 0.320 e. The van der Waals surface area contributed by atoms with E-state index in [1.807, 2.05) is 6.07 Å². The predicted octanol–water partition coefficient (Wildman–Crippen LogP) is 1.18. The number of hydrogen-bond donors (Lipinski definition) is 1. The molecule has 0 spiro atoms. The summed E-state index contributed by atoms with van der Waals surface area (Å²) in [7, 11) is 0. The fourth-order valence-corrected chi connectivity index (χ4v) is 3.28. The Morgan fingerprint density at radius 2 is 1.95 bits per heavy atom. The topological polar surface area (TPSA) is 53.0 Å². The van der Waals surface area contributed by atoms with E-state index in [1.165, 1.54) is 11.1 Å². The third kappa shape index (κ3) is 2.95. The molecule has 1 N–H and O–H groups in total. The minimum absolute atomic E-state index is 0.148. The van der Waals surface area contributed by atoms with Crippen LogP contribution in [0.5, 0.6) is 0 Å². The molecule has 0 saturated carbocycles. The predicted molar refractivity (Wildman–Crippen MR) is 79.0 cm³/mol. The first kappa shape index (κ1) is 14.5. The molecule has 5 heteroatoms. The lowest BCUT2D eigenvalue weighted by Gasteiger charge is -2.46. The summed E-state index contributed by atoms with van der Waals surface area (Å²) in [6.07, 6.45) is 1.03. The molecular weight excluding hydrogens is 268 g/mol.